The number of aromatic nitrogens is 1. The van der Waals surface area contributed by atoms with Gasteiger partial charge in [0.15, 0.2) is 0 Å². The summed E-state index contributed by atoms with van der Waals surface area (Å²) in [6.45, 7) is 10.5. The van der Waals surface area contributed by atoms with Crippen molar-refractivity contribution in [1.82, 2.24) is 9.88 Å². The predicted molar refractivity (Wildman–Crippen MR) is 103 cm³/mol. The third kappa shape index (κ3) is 3.90. The van der Waals surface area contributed by atoms with Gasteiger partial charge in [0.2, 0.25) is 0 Å². The van der Waals surface area contributed by atoms with Crippen molar-refractivity contribution >= 4 is 28.4 Å². The zero-order chi connectivity index (χ0) is 16.9. The van der Waals surface area contributed by atoms with Crippen LogP contribution < -0.4 is 0 Å². The van der Waals surface area contributed by atoms with E-state index in [0.717, 1.165) is 40.8 Å². The summed E-state index contributed by atoms with van der Waals surface area (Å²) in [5.74, 6) is 0. The van der Waals surface area contributed by atoms with Gasteiger partial charge in [-0.2, -0.15) is 5.11 Å². The second-order valence-corrected chi connectivity index (χ2v) is 7.03. The highest BCUT2D eigenvalue weighted by molar-refractivity contribution is 8.06. The van der Waals surface area contributed by atoms with Gasteiger partial charge in [0.25, 0.3) is 0 Å². The van der Waals surface area contributed by atoms with Crippen LogP contribution in [0.2, 0.25) is 0 Å². The Hall–Kier alpha value is -2.01. The van der Waals surface area contributed by atoms with Crippen molar-refractivity contribution < 1.29 is 0 Å². The Balaban J connectivity index is 1.69. The van der Waals surface area contributed by atoms with E-state index in [0.29, 0.717) is 0 Å². The molecule has 1 fully saturated rings. The van der Waals surface area contributed by atoms with Gasteiger partial charge >= 0.3 is 0 Å². The highest BCUT2D eigenvalue weighted by Crippen LogP contribution is 2.31. The maximum Gasteiger partial charge on any atom is 0.121 e. The van der Waals surface area contributed by atoms with Crippen molar-refractivity contribution in [3.63, 3.8) is 0 Å². The van der Waals surface area contributed by atoms with Gasteiger partial charge < -0.3 is 9.88 Å². The van der Waals surface area contributed by atoms with Crippen molar-refractivity contribution in [2.24, 2.45) is 10.2 Å². The maximum atomic E-state index is 4.41. The van der Waals surface area contributed by atoms with Gasteiger partial charge in [-0.3, -0.25) is 0 Å². The summed E-state index contributed by atoms with van der Waals surface area (Å²) in [7, 11) is 0. The number of fused-ring (bicyclic) bond motifs is 1. The number of H-pyrrole nitrogens is 1. The first kappa shape index (κ1) is 16.8. The first-order chi connectivity index (χ1) is 11.7. The molecule has 0 unspecified atom stereocenters. The van der Waals surface area contributed by atoms with Crippen LogP contribution in [-0.2, 0) is 6.42 Å². The summed E-state index contributed by atoms with van der Waals surface area (Å²) in [6, 6.07) is 8.31. The molecule has 0 aliphatic carbocycles. The van der Waals surface area contributed by atoms with E-state index in [1.54, 1.807) is 11.8 Å². The van der Waals surface area contributed by atoms with E-state index < -0.39 is 0 Å². The van der Waals surface area contributed by atoms with Crippen LogP contribution in [0.5, 0.6) is 0 Å². The van der Waals surface area contributed by atoms with Crippen molar-refractivity contribution in [3.8, 4) is 0 Å². The molecule has 4 nitrogen and oxygen atoms in total. The van der Waals surface area contributed by atoms with Crippen LogP contribution in [0.15, 0.2) is 57.2 Å². The Morgan fingerprint density at radius 3 is 2.83 bits per heavy atom. The standard InChI is InChI=1S/C19H24N4S/c1-4-16-12-15-13-17(8-9-18(15)20-16)21-22-19(5-2)24-14(3)23-10-6-7-11-23/h5,8-9,12-13,20H,3-4,6-7,10-11H2,1-2H3/b19-5-,22-21?. The molecule has 3 rings (SSSR count). The molecule has 0 amide bonds. The number of nitrogens with one attached hydrogen (secondary N) is 1. The Kier molecular flexibility index (Phi) is 5.41. The fourth-order valence-electron chi connectivity index (χ4n) is 2.83. The summed E-state index contributed by atoms with van der Waals surface area (Å²) in [5.41, 5.74) is 3.26. The van der Waals surface area contributed by atoms with Crippen molar-refractivity contribution in [2.75, 3.05) is 13.1 Å². The summed E-state index contributed by atoms with van der Waals surface area (Å²) in [4.78, 5) is 5.72. The first-order valence-corrected chi connectivity index (χ1v) is 9.32. The molecule has 1 saturated heterocycles. The lowest BCUT2D eigenvalue weighted by Crippen LogP contribution is -2.15. The van der Waals surface area contributed by atoms with Gasteiger partial charge in [0.1, 0.15) is 5.03 Å². The number of likely N-dealkylation sites (tertiary alicyclic amines) is 1. The Morgan fingerprint density at radius 2 is 2.12 bits per heavy atom. The van der Waals surface area contributed by atoms with E-state index in [4.69, 9.17) is 0 Å². The molecular weight excluding hydrogens is 316 g/mol. The minimum atomic E-state index is 0.871. The predicted octanol–water partition coefficient (Wildman–Crippen LogP) is 5.98. The number of hydrogen-bond donors (Lipinski definition) is 1. The molecule has 0 bridgehead atoms. The molecule has 126 valence electrons. The number of aryl methyl sites for hydroxylation is 1. The molecule has 24 heavy (non-hydrogen) atoms. The smallest absolute Gasteiger partial charge is 0.121 e. The number of aromatic amines is 1. The number of azo groups is 1. The van der Waals surface area contributed by atoms with Gasteiger partial charge in [0, 0.05) is 29.7 Å². The van der Waals surface area contributed by atoms with Crippen LogP contribution in [0.1, 0.15) is 32.4 Å². The quantitative estimate of drug-likeness (QED) is 0.658. The fourth-order valence-corrected chi connectivity index (χ4v) is 3.58. The lowest BCUT2D eigenvalue weighted by atomic mass is 10.2. The minimum Gasteiger partial charge on any atom is -0.367 e. The number of thioether (sulfide) groups is 1. The monoisotopic (exact) mass is 340 g/mol. The number of nitrogens with zero attached hydrogens (tertiary/aromatic N) is 3. The molecule has 1 aromatic heterocycles. The van der Waals surface area contributed by atoms with Gasteiger partial charge in [-0.25, -0.2) is 0 Å². The normalized spacial score (nSPS) is 15.8. The van der Waals surface area contributed by atoms with Crippen LogP contribution in [0.4, 0.5) is 5.69 Å². The SMILES string of the molecule is C=C(S/C(=C\C)N=Nc1ccc2[nH]c(CC)cc2c1)N1CCCC1. The minimum absolute atomic E-state index is 0.871. The van der Waals surface area contributed by atoms with Crippen LogP contribution in [0, 0.1) is 0 Å². The molecule has 1 aromatic carbocycles. The zero-order valence-corrected chi connectivity index (χ0v) is 15.2. The highest BCUT2D eigenvalue weighted by atomic mass is 32.2. The molecule has 1 N–H and O–H groups in total. The van der Waals surface area contributed by atoms with Gasteiger partial charge in [0.05, 0.1) is 10.7 Å². The molecule has 2 aromatic rings. The van der Waals surface area contributed by atoms with Crippen molar-refractivity contribution in [2.45, 2.75) is 33.1 Å². The topological polar surface area (TPSA) is 43.8 Å². The molecular formula is C19H24N4S. The number of allylic oxidation sites excluding steroid dienone is 1. The van der Waals surface area contributed by atoms with Crippen LogP contribution in [-0.4, -0.2) is 23.0 Å². The summed E-state index contributed by atoms with van der Waals surface area (Å²) in [5, 5.41) is 11.9. The van der Waals surface area contributed by atoms with Gasteiger partial charge in [-0.15, -0.1) is 5.11 Å². The summed E-state index contributed by atoms with van der Waals surface area (Å²) < 4.78 is 0. The zero-order valence-electron chi connectivity index (χ0n) is 14.4. The van der Waals surface area contributed by atoms with Crippen molar-refractivity contribution in [3.05, 3.63) is 52.7 Å². The molecule has 0 saturated carbocycles. The molecule has 0 radical (unpaired) electrons. The largest absolute Gasteiger partial charge is 0.367 e. The van der Waals surface area contributed by atoms with E-state index in [1.165, 1.54) is 23.9 Å². The third-order valence-corrected chi connectivity index (χ3v) is 5.25. The number of benzene rings is 1. The lowest BCUT2D eigenvalue weighted by molar-refractivity contribution is 0.458. The highest BCUT2D eigenvalue weighted by Gasteiger charge is 2.14. The number of hydrogen-bond acceptors (Lipinski definition) is 4. The first-order valence-electron chi connectivity index (χ1n) is 8.51. The summed E-state index contributed by atoms with van der Waals surface area (Å²) in [6.07, 6.45) is 5.49. The Bertz CT molecular complexity index is 782. The average Bonchev–Trinajstić information content (AvgIpc) is 3.26. The van der Waals surface area contributed by atoms with Crippen molar-refractivity contribution in [1.29, 1.82) is 0 Å². The van der Waals surface area contributed by atoms with Crippen LogP contribution >= 0.6 is 11.8 Å². The third-order valence-electron chi connectivity index (χ3n) is 4.23. The summed E-state index contributed by atoms with van der Waals surface area (Å²) >= 11 is 1.60. The molecule has 0 spiro atoms. The number of rotatable bonds is 6. The Morgan fingerprint density at radius 1 is 1.33 bits per heavy atom. The molecule has 1 aliphatic heterocycles. The molecule has 0 atom stereocenters. The average molecular weight is 340 g/mol. The van der Waals surface area contributed by atoms with E-state index in [9.17, 15) is 0 Å². The van der Waals surface area contributed by atoms with Crippen LogP contribution in [0.25, 0.3) is 10.9 Å². The second-order valence-electron chi connectivity index (χ2n) is 5.94. The van der Waals surface area contributed by atoms with Gasteiger partial charge in [-0.1, -0.05) is 31.3 Å². The second kappa shape index (κ2) is 7.71. The van der Waals surface area contributed by atoms with E-state index in [1.807, 2.05) is 19.1 Å². The maximum absolute atomic E-state index is 4.41. The van der Waals surface area contributed by atoms with Crippen LogP contribution in [0.3, 0.4) is 0 Å². The molecule has 2 heterocycles. The molecule has 5 heteroatoms. The van der Waals surface area contributed by atoms with E-state index in [2.05, 4.69) is 51.8 Å². The van der Waals surface area contributed by atoms with E-state index >= 15 is 0 Å². The van der Waals surface area contributed by atoms with Gasteiger partial charge in [-0.05, 0) is 50.5 Å². The molecule has 1 aliphatic rings. The fraction of sp³-hybridized carbons (Fsp3) is 0.368. The van der Waals surface area contributed by atoms with E-state index in [-0.39, 0.29) is 0 Å². The Labute approximate surface area is 147 Å². The lowest BCUT2D eigenvalue weighted by Gasteiger charge is -2.18.